The molecule has 0 radical (unpaired) electrons. The second kappa shape index (κ2) is 9.78. The molecule has 13 heteroatoms. The molecule has 0 spiro atoms. The minimum atomic E-state index is -5.22. The van der Waals surface area contributed by atoms with Crippen molar-refractivity contribution in [3.05, 3.63) is 60.8 Å². The summed E-state index contributed by atoms with van der Waals surface area (Å²) in [4.78, 5) is 20.1. The van der Waals surface area contributed by atoms with E-state index in [1.165, 1.54) is 5.32 Å². The van der Waals surface area contributed by atoms with Gasteiger partial charge >= 0.3 is 12.1 Å². The van der Waals surface area contributed by atoms with E-state index < -0.39 is 40.9 Å². The minimum Gasteiger partial charge on any atom is -0.399 e. The first-order valence-corrected chi connectivity index (χ1v) is 8.56. The number of amides is 1. The number of nitrogens with one attached hydrogen (secondary N) is 1. The molecule has 0 fully saturated rings. The van der Waals surface area contributed by atoms with Crippen molar-refractivity contribution >= 4 is 54.8 Å². The number of nitro benzene ring substituents is 1. The Hall–Kier alpha value is -2.28. The van der Waals surface area contributed by atoms with Gasteiger partial charge in [0.25, 0.3) is 5.69 Å². The zero-order valence-electron chi connectivity index (χ0n) is 13.5. The van der Waals surface area contributed by atoms with Crippen molar-refractivity contribution in [2.24, 2.45) is 0 Å². The predicted molar refractivity (Wildman–Crippen MR) is 98.8 cm³/mol. The Morgan fingerprint density at radius 3 is 2.25 bits per heavy atom. The molecule has 3 N–H and O–H groups in total. The molecule has 1 amide bonds. The number of rotatable bonds is 3. The van der Waals surface area contributed by atoms with Gasteiger partial charge < -0.3 is 11.1 Å². The number of nitrogens with zero attached hydrogens (tertiary/aromatic N) is 1. The highest BCUT2D eigenvalue weighted by atomic mass is 79.9. The summed E-state index contributed by atoms with van der Waals surface area (Å²) in [5, 5.41) is 11.8. The average molecular weight is 535 g/mol. The molecule has 152 valence electrons. The highest BCUT2D eigenvalue weighted by Gasteiger charge is 2.39. The molecule has 2 aromatic rings. The molecule has 0 heterocycles. The summed E-state index contributed by atoms with van der Waals surface area (Å²) < 4.78 is 61.5. The lowest BCUT2D eigenvalue weighted by Crippen LogP contribution is -2.30. The Bertz CT molecular complexity index is 894. The van der Waals surface area contributed by atoms with E-state index in [4.69, 9.17) is 5.73 Å². The van der Waals surface area contributed by atoms with Gasteiger partial charge in [-0.15, -0.1) is 0 Å². The number of anilines is 2. The second-order valence-electron chi connectivity index (χ2n) is 4.98. The van der Waals surface area contributed by atoms with Gasteiger partial charge in [0.15, 0.2) is 0 Å². The fourth-order valence-electron chi connectivity index (χ4n) is 1.68. The van der Waals surface area contributed by atoms with E-state index in [9.17, 15) is 36.9 Å². The number of carbonyl (C=O) groups is 1. The van der Waals surface area contributed by atoms with E-state index in [0.717, 1.165) is 4.47 Å². The normalized spacial score (nSPS) is 10.7. The van der Waals surface area contributed by atoms with Crippen LogP contribution in [0.15, 0.2) is 39.3 Å². The quantitative estimate of drug-likeness (QED) is 0.235. The zero-order chi connectivity index (χ0) is 21.6. The first kappa shape index (κ1) is 23.8. The number of hydrogen-bond donors (Lipinski definition) is 2. The lowest BCUT2D eigenvalue weighted by molar-refractivity contribution is -0.384. The van der Waals surface area contributed by atoms with E-state index in [2.05, 4.69) is 31.9 Å². The first-order valence-electron chi connectivity index (χ1n) is 6.98. The Labute approximate surface area is 171 Å². The number of halogens is 7. The summed E-state index contributed by atoms with van der Waals surface area (Å²) in [6, 6.07) is 6.16. The standard InChI is InChI=1S/C8H3BrF4N2O3.C7H7BrFN/c9-3-1-6(15(17)18)5(2-4(3)10)14-7(16)8(11,12)13;8-7-2-1-6(10)3-5(7)4-9/h1-2H,(H,14,16);1-3H,4,10H2. The highest BCUT2D eigenvalue weighted by Crippen LogP contribution is 2.31. The maximum absolute atomic E-state index is 13.1. The summed E-state index contributed by atoms with van der Waals surface area (Å²) in [5.74, 6) is -3.47. The van der Waals surface area contributed by atoms with Gasteiger partial charge in [-0.3, -0.25) is 14.9 Å². The number of benzene rings is 2. The number of carbonyl (C=O) groups excluding carboxylic acids is 1. The smallest absolute Gasteiger partial charge is 0.399 e. The van der Waals surface area contributed by atoms with Crippen molar-refractivity contribution in [3.63, 3.8) is 0 Å². The number of nitro groups is 1. The third-order valence-electron chi connectivity index (χ3n) is 2.95. The lowest BCUT2D eigenvalue weighted by Gasteiger charge is -2.08. The monoisotopic (exact) mass is 533 g/mol. The SMILES string of the molecule is Nc1ccc(Br)c(CF)c1.O=C(Nc1cc(F)c(Br)cc1[N+](=O)[O-])C(F)(F)F. The summed E-state index contributed by atoms with van der Waals surface area (Å²) in [7, 11) is 0. The van der Waals surface area contributed by atoms with Crippen molar-refractivity contribution < 1.29 is 31.7 Å². The molecule has 2 aromatic carbocycles. The predicted octanol–water partition coefficient (Wildman–Crippen LogP) is 5.50. The molecular formula is C15H10Br2F5N3O3. The van der Waals surface area contributed by atoms with Gasteiger partial charge in [0, 0.05) is 22.3 Å². The van der Waals surface area contributed by atoms with E-state index in [0.29, 0.717) is 23.4 Å². The molecule has 0 atom stereocenters. The van der Waals surface area contributed by atoms with Crippen LogP contribution in [-0.4, -0.2) is 17.0 Å². The molecule has 0 aliphatic carbocycles. The fraction of sp³-hybridized carbons (Fsp3) is 0.133. The van der Waals surface area contributed by atoms with Crippen LogP contribution in [0.2, 0.25) is 0 Å². The van der Waals surface area contributed by atoms with Crippen LogP contribution in [0.3, 0.4) is 0 Å². The van der Waals surface area contributed by atoms with Crippen LogP contribution in [0.5, 0.6) is 0 Å². The Balaban J connectivity index is 0.000000330. The molecule has 0 aliphatic heterocycles. The van der Waals surface area contributed by atoms with E-state index in [1.807, 2.05) is 0 Å². The van der Waals surface area contributed by atoms with Gasteiger partial charge in [-0.25, -0.2) is 8.78 Å². The zero-order valence-corrected chi connectivity index (χ0v) is 16.7. The molecule has 0 saturated heterocycles. The van der Waals surface area contributed by atoms with Crippen molar-refractivity contribution in [1.82, 2.24) is 0 Å². The summed E-state index contributed by atoms with van der Waals surface area (Å²) >= 11 is 5.83. The molecule has 2 rings (SSSR count). The van der Waals surface area contributed by atoms with E-state index in [1.54, 1.807) is 18.2 Å². The van der Waals surface area contributed by atoms with Crippen molar-refractivity contribution in [2.45, 2.75) is 12.9 Å². The van der Waals surface area contributed by atoms with Crippen LogP contribution in [0.4, 0.5) is 39.0 Å². The number of nitrogen functional groups attached to an aromatic ring is 1. The average Bonchev–Trinajstić information content (AvgIpc) is 2.59. The molecular weight excluding hydrogens is 525 g/mol. The minimum absolute atomic E-state index is 0.306. The van der Waals surface area contributed by atoms with Crippen LogP contribution < -0.4 is 11.1 Å². The van der Waals surface area contributed by atoms with Crippen molar-refractivity contribution in [3.8, 4) is 0 Å². The van der Waals surface area contributed by atoms with E-state index >= 15 is 0 Å². The lowest BCUT2D eigenvalue weighted by atomic mass is 10.2. The Kier molecular flexibility index (Phi) is 8.29. The van der Waals surface area contributed by atoms with Crippen LogP contribution in [0.1, 0.15) is 5.56 Å². The summed E-state index contributed by atoms with van der Waals surface area (Å²) in [6.45, 7) is -0.481. The van der Waals surface area contributed by atoms with Gasteiger partial charge in [-0.2, -0.15) is 13.2 Å². The fourth-order valence-corrected chi connectivity index (χ4v) is 2.36. The maximum atomic E-state index is 13.1. The van der Waals surface area contributed by atoms with Gasteiger partial charge in [-0.1, -0.05) is 15.9 Å². The van der Waals surface area contributed by atoms with Gasteiger partial charge in [-0.05, 0) is 39.7 Å². The summed E-state index contributed by atoms with van der Waals surface area (Å²) in [6.07, 6.45) is -5.22. The number of nitrogens with two attached hydrogens (primary N) is 1. The van der Waals surface area contributed by atoms with Crippen molar-refractivity contribution in [2.75, 3.05) is 11.1 Å². The topological polar surface area (TPSA) is 98.3 Å². The van der Waals surface area contributed by atoms with E-state index in [-0.39, 0.29) is 4.47 Å². The number of hydrogen-bond acceptors (Lipinski definition) is 4. The van der Waals surface area contributed by atoms with Crippen molar-refractivity contribution in [1.29, 1.82) is 0 Å². The summed E-state index contributed by atoms with van der Waals surface area (Å²) in [5.41, 5.74) is 4.87. The molecule has 0 saturated carbocycles. The molecule has 6 nitrogen and oxygen atoms in total. The van der Waals surface area contributed by atoms with Crippen LogP contribution in [0.25, 0.3) is 0 Å². The Morgan fingerprint density at radius 1 is 1.18 bits per heavy atom. The van der Waals surface area contributed by atoms with Crippen LogP contribution in [0, 0.1) is 15.9 Å². The molecule has 0 bridgehead atoms. The molecule has 28 heavy (non-hydrogen) atoms. The van der Waals surface area contributed by atoms with Gasteiger partial charge in [0.05, 0.1) is 9.40 Å². The van der Waals surface area contributed by atoms with Gasteiger partial charge in [0.1, 0.15) is 18.2 Å². The largest absolute Gasteiger partial charge is 0.471 e. The maximum Gasteiger partial charge on any atom is 0.471 e. The molecule has 0 unspecified atom stereocenters. The third kappa shape index (κ3) is 6.71. The highest BCUT2D eigenvalue weighted by molar-refractivity contribution is 9.10. The molecule has 0 aromatic heterocycles. The molecule has 0 aliphatic rings. The Morgan fingerprint density at radius 2 is 1.79 bits per heavy atom. The third-order valence-corrected chi connectivity index (χ3v) is 4.34. The van der Waals surface area contributed by atoms with Crippen LogP contribution in [-0.2, 0) is 11.5 Å². The van der Waals surface area contributed by atoms with Crippen LogP contribution >= 0.6 is 31.9 Å². The second-order valence-corrected chi connectivity index (χ2v) is 6.69. The number of alkyl halides is 4. The van der Waals surface area contributed by atoms with Gasteiger partial charge in [0.2, 0.25) is 0 Å². The first-order chi connectivity index (χ1) is 12.9.